The molecule has 0 atom stereocenters. The van der Waals surface area contributed by atoms with Gasteiger partial charge in [-0.05, 0) is 30.7 Å². The zero-order valence-electron chi connectivity index (χ0n) is 10.4. The van der Waals surface area contributed by atoms with Crippen LogP contribution in [0.4, 0.5) is 30.4 Å². The molecule has 106 valence electrons. The Hall–Kier alpha value is -1.95. The van der Waals surface area contributed by atoms with Crippen LogP contribution in [-0.4, -0.2) is 4.98 Å². The van der Waals surface area contributed by atoms with E-state index in [1.807, 2.05) is 0 Å². The summed E-state index contributed by atoms with van der Waals surface area (Å²) in [5, 5.41) is 3.14. The van der Waals surface area contributed by atoms with Crippen molar-refractivity contribution in [2.24, 2.45) is 0 Å². The Morgan fingerprint density at radius 2 is 1.95 bits per heavy atom. The number of benzene rings is 1. The lowest BCUT2D eigenvalue weighted by atomic mass is 10.1. The van der Waals surface area contributed by atoms with E-state index in [-0.39, 0.29) is 11.5 Å². The van der Waals surface area contributed by atoms with Gasteiger partial charge >= 0.3 is 6.18 Å². The van der Waals surface area contributed by atoms with Crippen LogP contribution in [0.2, 0.25) is 5.02 Å². The van der Waals surface area contributed by atoms with Crippen molar-refractivity contribution in [2.75, 3.05) is 11.1 Å². The van der Waals surface area contributed by atoms with E-state index in [1.54, 1.807) is 6.92 Å². The largest absolute Gasteiger partial charge is 0.416 e. The lowest BCUT2D eigenvalue weighted by Crippen LogP contribution is -2.07. The number of aryl methyl sites for hydroxylation is 1. The van der Waals surface area contributed by atoms with Gasteiger partial charge in [-0.15, -0.1) is 0 Å². The van der Waals surface area contributed by atoms with Gasteiger partial charge in [0, 0.05) is 11.9 Å². The molecule has 0 bridgehead atoms. The molecule has 1 aromatic heterocycles. The van der Waals surface area contributed by atoms with Gasteiger partial charge in [0.25, 0.3) is 0 Å². The van der Waals surface area contributed by atoms with Crippen LogP contribution in [0, 0.1) is 6.92 Å². The van der Waals surface area contributed by atoms with E-state index in [1.165, 1.54) is 18.3 Å². The summed E-state index contributed by atoms with van der Waals surface area (Å²) < 4.78 is 38.1. The Bertz CT molecular complexity index is 641. The van der Waals surface area contributed by atoms with Crippen LogP contribution in [0.3, 0.4) is 0 Å². The monoisotopic (exact) mass is 301 g/mol. The molecule has 1 aromatic carbocycles. The molecule has 0 radical (unpaired) electrons. The van der Waals surface area contributed by atoms with Crippen molar-refractivity contribution < 1.29 is 13.2 Å². The number of alkyl halides is 3. The molecule has 0 saturated heterocycles. The van der Waals surface area contributed by atoms with Crippen LogP contribution >= 0.6 is 11.6 Å². The van der Waals surface area contributed by atoms with Gasteiger partial charge < -0.3 is 11.1 Å². The first-order valence-electron chi connectivity index (χ1n) is 5.63. The van der Waals surface area contributed by atoms with E-state index in [0.717, 1.165) is 12.1 Å². The predicted molar refractivity (Wildman–Crippen MR) is 73.1 cm³/mol. The number of hydrogen-bond acceptors (Lipinski definition) is 3. The summed E-state index contributed by atoms with van der Waals surface area (Å²) in [6.45, 7) is 1.69. The summed E-state index contributed by atoms with van der Waals surface area (Å²) in [5.41, 5.74) is 6.17. The van der Waals surface area contributed by atoms with Crippen molar-refractivity contribution in [2.45, 2.75) is 13.1 Å². The Labute approximate surface area is 118 Å². The smallest absolute Gasteiger partial charge is 0.396 e. The summed E-state index contributed by atoms with van der Waals surface area (Å²) in [5.74, 6) is 0.261. The second-order valence-electron chi connectivity index (χ2n) is 4.24. The highest BCUT2D eigenvalue weighted by Crippen LogP contribution is 2.33. The standard InChI is InChI=1S/C13H11ClF3N3/c1-7-2-3-8(13(15,16)17)4-11(7)20-12-10(18)5-9(14)6-19-12/h2-6H,18H2,1H3,(H,19,20). The fourth-order valence-electron chi connectivity index (χ4n) is 1.62. The number of pyridine rings is 1. The second kappa shape index (κ2) is 5.20. The molecule has 0 unspecified atom stereocenters. The number of halogens is 4. The Morgan fingerprint density at radius 1 is 1.25 bits per heavy atom. The van der Waals surface area contributed by atoms with Crippen LogP contribution in [0.1, 0.15) is 11.1 Å². The average Bonchev–Trinajstić information content (AvgIpc) is 2.33. The van der Waals surface area contributed by atoms with Gasteiger partial charge in [-0.3, -0.25) is 0 Å². The van der Waals surface area contributed by atoms with E-state index in [4.69, 9.17) is 17.3 Å². The highest BCUT2D eigenvalue weighted by atomic mass is 35.5. The summed E-state index contributed by atoms with van der Waals surface area (Å²) in [6.07, 6.45) is -3.04. The topological polar surface area (TPSA) is 50.9 Å². The first kappa shape index (κ1) is 14.5. The number of rotatable bonds is 2. The third-order valence-corrected chi connectivity index (χ3v) is 2.91. The molecule has 20 heavy (non-hydrogen) atoms. The summed E-state index contributed by atoms with van der Waals surface area (Å²) in [7, 11) is 0. The molecule has 0 amide bonds. The third kappa shape index (κ3) is 3.14. The maximum absolute atomic E-state index is 12.7. The molecule has 0 saturated carbocycles. The van der Waals surface area contributed by atoms with E-state index in [9.17, 15) is 13.2 Å². The SMILES string of the molecule is Cc1ccc(C(F)(F)F)cc1Nc1ncc(Cl)cc1N. The summed E-state index contributed by atoms with van der Waals surface area (Å²) >= 11 is 5.72. The first-order chi connectivity index (χ1) is 9.27. The van der Waals surface area contributed by atoms with Crippen LogP contribution < -0.4 is 11.1 Å². The van der Waals surface area contributed by atoms with Gasteiger partial charge in [0.2, 0.25) is 0 Å². The third-order valence-electron chi connectivity index (χ3n) is 2.70. The van der Waals surface area contributed by atoms with Gasteiger partial charge in [-0.2, -0.15) is 13.2 Å². The molecule has 2 rings (SSSR count). The highest BCUT2D eigenvalue weighted by Gasteiger charge is 2.30. The number of nitrogens with two attached hydrogens (primary N) is 1. The molecular weight excluding hydrogens is 291 g/mol. The number of nitrogens with zero attached hydrogens (tertiary/aromatic N) is 1. The quantitative estimate of drug-likeness (QED) is 0.865. The van der Waals surface area contributed by atoms with Gasteiger partial charge in [0.15, 0.2) is 5.82 Å². The van der Waals surface area contributed by atoms with Crippen molar-refractivity contribution in [3.05, 3.63) is 46.6 Å². The number of nitrogens with one attached hydrogen (secondary N) is 1. The number of hydrogen-bond donors (Lipinski definition) is 2. The van der Waals surface area contributed by atoms with Crippen molar-refractivity contribution in [1.29, 1.82) is 0 Å². The second-order valence-corrected chi connectivity index (χ2v) is 4.68. The molecular formula is C13H11ClF3N3. The first-order valence-corrected chi connectivity index (χ1v) is 6.01. The van der Waals surface area contributed by atoms with Gasteiger partial charge in [-0.25, -0.2) is 4.98 Å². The number of nitrogen functional groups attached to an aromatic ring is 1. The van der Waals surface area contributed by atoms with E-state index < -0.39 is 11.7 Å². The molecule has 3 nitrogen and oxygen atoms in total. The van der Waals surface area contributed by atoms with E-state index in [2.05, 4.69) is 10.3 Å². The van der Waals surface area contributed by atoms with Crippen LogP contribution in [0.5, 0.6) is 0 Å². The molecule has 0 fully saturated rings. The zero-order valence-corrected chi connectivity index (χ0v) is 11.2. The maximum Gasteiger partial charge on any atom is 0.416 e. The minimum Gasteiger partial charge on any atom is -0.396 e. The van der Waals surface area contributed by atoms with Crippen molar-refractivity contribution >= 4 is 28.8 Å². The van der Waals surface area contributed by atoms with E-state index >= 15 is 0 Å². The van der Waals surface area contributed by atoms with E-state index in [0.29, 0.717) is 16.3 Å². The van der Waals surface area contributed by atoms with Crippen molar-refractivity contribution in [1.82, 2.24) is 4.98 Å². The molecule has 2 aromatic rings. The van der Waals surface area contributed by atoms with Crippen LogP contribution in [-0.2, 0) is 6.18 Å². The maximum atomic E-state index is 12.7. The molecule has 0 spiro atoms. The lowest BCUT2D eigenvalue weighted by molar-refractivity contribution is -0.137. The fraction of sp³-hybridized carbons (Fsp3) is 0.154. The normalized spacial score (nSPS) is 11.4. The molecule has 0 aliphatic rings. The van der Waals surface area contributed by atoms with Gasteiger partial charge in [-0.1, -0.05) is 17.7 Å². The predicted octanol–water partition coefficient (Wildman–Crippen LogP) is 4.39. The molecule has 3 N–H and O–H groups in total. The molecule has 1 heterocycles. The average molecular weight is 302 g/mol. The summed E-state index contributed by atoms with van der Waals surface area (Å²) in [6, 6.07) is 4.90. The molecule has 0 aliphatic carbocycles. The van der Waals surface area contributed by atoms with Gasteiger partial charge in [0.05, 0.1) is 16.3 Å². The lowest BCUT2D eigenvalue weighted by Gasteiger charge is -2.14. The van der Waals surface area contributed by atoms with Crippen molar-refractivity contribution in [3.8, 4) is 0 Å². The zero-order chi connectivity index (χ0) is 14.9. The van der Waals surface area contributed by atoms with Crippen LogP contribution in [0.15, 0.2) is 30.5 Å². The Balaban J connectivity index is 2.38. The molecule has 0 aliphatic heterocycles. The Morgan fingerprint density at radius 3 is 2.55 bits per heavy atom. The molecule has 7 heteroatoms. The minimum atomic E-state index is -4.40. The highest BCUT2D eigenvalue weighted by molar-refractivity contribution is 6.30. The van der Waals surface area contributed by atoms with Crippen LogP contribution in [0.25, 0.3) is 0 Å². The number of anilines is 3. The fourth-order valence-corrected chi connectivity index (χ4v) is 1.79. The minimum absolute atomic E-state index is 0.259. The Kier molecular flexibility index (Phi) is 3.76. The van der Waals surface area contributed by atoms with Gasteiger partial charge in [0.1, 0.15) is 0 Å². The summed E-state index contributed by atoms with van der Waals surface area (Å²) in [4.78, 5) is 3.96. The number of aromatic nitrogens is 1. The van der Waals surface area contributed by atoms with Crippen molar-refractivity contribution in [3.63, 3.8) is 0 Å².